The van der Waals surface area contributed by atoms with Gasteiger partial charge >= 0.3 is 0 Å². The van der Waals surface area contributed by atoms with Crippen molar-refractivity contribution in [2.75, 3.05) is 20.1 Å². The number of thiazole rings is 1. The number of rotatable bonds is 7. The summed E-state index contributed by atoms with van der Waals surface area (Å²) in [5, 5.41) is 14.2. The van der Waals surface area contributed by atoms with Crippen LogP contribution in [-0.2, 0) is 18.4 Å². The van der Waals surface area contributed by atoms with E-state index in [1.165, 1.54) is 10.7 Å². The van der Waals surface area contributed by atoms with Crippen LogP contribution < -0.4 is 10.6 Å². The molecule has 2 aromatic rings. The first-order chi connectivity index (χ1) is 11.5. The molecule has 0 bridgehead atoms. The van der Waals surface area contributed by atoms with Crippen molar-refractivity contribution in [1.29, 1.82) is 0 Å². The van der Waals surface area contributed by atoms with E-state index in [1.807, 2.05) is 16.9 Å². The van der Waals surface area contributed by atoms with Gasteiger partial charge in [0.05, 0.1) is 10.7 Å². The van der Waals surface area contributed by atoms with Crippen LogP contribution in [0, 0.1) is 0 Å². The smallest absolute Gasteiger partial charge is 0.190 e. The maximum atomic E-state index is 4.72. The first-order valence-electron chi connectivity index (χ1n) is 8.36. The van der Waals surface area contributed by atoms with Gasteiger partial charge < -0.3 is 10.6 Å². The number of halogens is 1. The molecular weight excluding hydrogens is 447 g/mol. The van der Waals surface area contributed by atoms with Gasteiger partial charge in [-0.25, -0.2) is 4.98 Å². The Balaban J connectivity index is 0.00000312. The van der Waals surface area contributed by atoms with Crippen molar-refractivity contribution in [2.24, 2.45) is 4.99 Å². The maximum Gasteiger partial charge on any atom is 0.190 e. The number of aliphatic imine (C=N–C) groups is 1. The fraction of sp³-hybridized carbons (Fsp3) is 0.588. The number of hydrogen-bond donors (Lipinski definition) is 2. The molecule has 8 heteroatoms. The Labute approximate surface area is 171 Å². The topological polar surface area (TPSA) is 67.1 Å². The molecule has 2 aromatic heterocycles. The van der Waals surface area contributed by atoms with E-state index in [0.717, 1.165) is 38.4 Å². The molecule has 0 aliphatic heterocycles. The summed E-state index contributed by atoms with van der Waals surface area (Å²) in [6.45, 7) is 9.18. The molecule has 0 aliphatic carbocycles. The maximum absolute atomic E-state index is 4.72. The molecule has 0 radical (unpaired) electrons. The van der Waals surface area contributed by atoms with Gasteiger partial charge in [0.2, 0.25) is 0 Å². The molecule has 2 N–H and O–H groups in total. The molecule has 0 saturated heterocycles. The highest BCUT2D eigenvalue weighted by Crippen LogP contribution is 2.23. The molecule has 0 saturated carbocycles. The largest absolute Gasteiger partial charge is 0.356 e. The van der Waals surface area contributed by atoms with E-state index < -0.39 is 0 Å². The monoisotopic (exact) mass is 476 g/mol. The number of aryl methyl sites for hydroxylation is 1. The summed E-state index contributed by atoms with van der Waals surface area (Å²) >= 11 is 1.73. The molecule has 2 heterocycles. The van der Waals surface area contributed by atoms with Crippen molar-refractivity contribution < 1.29 is 0 Å². The molecule has 0 aliphatic rings. The quantitative estimate of drug-likeness (QED) is 0.279. The van der Waals surface area contributed by atoms with Gasteiger partial charge in [0.25, 0.3) is 0 Å². The third kappa shape index (κ3) is 7.72. The zero-order valence-corrected chi connectivity index (χ0v) is 18.6. The minimum Gasteiger partial charge on any atom is -0.356 e. The fourth-order valence-electron chi connectivity index (χ4n) is 2.16. The third-order valence-corrected chi connectivity index (χ3v) is 4.50. The fourth-order valence-corrected chi connectivity index (χ4v) is 3.18. The molecular formula is C17H29IN6S. The van der Waals surface area contributed by atoms with E-state index in [1.54, 1.807) is 24.6 Å². The molecule has 140 valence electrons. The molecule has 6 nitrogen and oxygen atoms in total. The molecule has 0 fully saturated rings. The van der Waals surface area contributed by atoms with Gasteiger partial charge in [-0.05, 0) is 12.5 Å². The lowest BCUT2D eigenvalue weighted by Crippen LogP contribution is -2.39. The van der Waals surface area contributed by atoms with Crippen molar-refractivity contribution in [3.05, 3.63) is 34.5 Å². The highest BCUT2D eigenvalue weighted by Gasteiger charge is 2.17. The molecule has 0 amide bonds. The lowest BCUT2D eigenvalue weighted by atomic mass is 9.93. The Morgan fingerprint density at radius 1 is 1.28 bits per heavy atom. The second-order valence-corrected chi connectivity index (χ2v) is 7.62. The molecule has 2 rings (SSSR count). The van der Waals surface area contributed by atoms with Crippen molar-refractivity contribution >= 4 is 41.3 Å². The minimum atomic E-state index is 0. The molecule has 0 unspecified atom stereocenters. The molecule has 0 atom stereocenters. The van der Waals surface area contributed by atoms with Crippen LogP contribution in [0.15, 0.2) is 28.8 Å². The average molecular weight is 476 g/mol. The van der Waals surface area contributed by atoms with E-state index in [2.05, 4.69) is 46.9 Å². The minimum absolute atomic E-state index is 0. The highest BCUT2D eigenvalue weighted by molar-refractivity contribution is 14.0. The van der Waals surface area contributed by atoms with Crippen LogP contribution in [-0.4, -0.2) is 40.9 Å². The van der Waals surface area contributed by atoms with E-state index in [0.29, 0.717) is 0 Å². The second kappa shape index (κ2) is 10.7. The van der Waals surface area contributed by atoms with Crippen LogP contribution in [0.1, 0.15) is 37.9 Å². The first-order valence-corrected chi connectivity index (χ1v) is 9.24. The van der Waals surface area contributed by atoms with Crippen LogP contribution in [0.25, 0.3) is 0 Å². The van der Waals surface area contributed by atoms with Crippen LogP contribution in [0.4, 0.5) is 0 Å². The summed E-state index contributed by atoms with van der Waals surface area (Å²) in [6.07, 6.45) is 5.70. The summed E-state index contributed by atoms with van der Waals surface area (Å²) in [5.41, 5.74) is 1.29. The molecule has 0 spiro atoms. The van der Waals surface area contributed by atoms with E-state index in [-0.39, 0.29) is 29.4 Å². The number of aromatic nitrogens is 3. The van der Waals surface area contributed by atoms with Gasteiger partial charge in [-0.1, -0.05) is 20.8 Å². The summed E-state index contributed by atoms with van der Waals surface area (Å²) in [4.78, 5) is 8.97. The number of nitrogens with one attached hydrogen (secondary N) is 2. The summed E-state index contributed by atoms with van der Waals surface area (Å²) in [5.74, 6) is 0.836. The number of nitrogens with zero attached hydrogens (tertiary/aromatic N) is 4. The SMILES string of the molecule is CN=C(NCCCn1cccn1)NCCc1nc(C(C)(C)C)cs1.I. The van der Waals surface area contributed by atoms with Gasteiger partial charge in [-0.3, -0.25) is 9.67 Å². The number of hydrogen-bond acceptors (Lipinski definition) is 4. The number of guanidine groups is 1. The average Bonchev–Trinajstić information content (AvgIpc) is 3.20. The van der Waals surface area contributed by atoms with Gasteiger partial charge in [0, 0.05) is 56.3 Å². The highest BCUT2D eigenvalue weighted by atomic mass is 127. The van der Waals surface area contributed by atoms with Crippen molar-refractivity contribution in [3.8, 4) is 0 Å². The van der Waals surface area contributed by atoms with Crippen molar-refractivity contribution in [2.45, 2.75) is 45.6 Å². The Hall–Kier alpha value is -1.16. The standard InChI is InChI=1S/C17H28N6S.HI/c1-17(2,3)14-13-24-15(22-14)7-10-20-16(18-4)19-8-5-11-23-12-6-9-21-23;/h6,9,12-13H,5,7-8,10-11H2,1-4H3,(H2,18,19,20);1H. The van der Waals surface area contributed by atoms with Crippen LogP contribution in [0.3, 0.4) is 0 Å². The van der Waals surface area contributed by atoms with E-state index in [9.17, 15) is 0 Å². The van der Waals surface area contributed by atoms with Crippen molar-refractivity contribution in [3.63, 3.8) is 0 Å². The Morgan fingerprint density at radius 3 is 2.64 bits per heavy atom. The van der Waals surface area contributed by atoms with Gasteiger partial charge in [0.15, 0.2) is 5.96 Å². The van der Waals surface area contributed by atoms with Gasteiger partial charge in [-0.2, -0.15) is 5.10 Å². The second-order valence-electron chi connectivity index (χ2n) is 6.67. The Bertz CT molecular complexity index is 630. The van der Waals surface area contributed by atoms with E-state index >= 15 is 0 Å². The normalized spacial score (nSPS) is 11.9. The third-order valence-electron chi connectivity index (χ3n) is 3.59. The zero-order chi connectivity index (χ0) is 17.4. The summed E-state index contributed by atoms with van der Waals surface area (Å²) in [6, 6.07) is 1.94. The van der Waals surface area contributed by atoms with Crippen LogP contribution >= 0.6 is 35.3 Å². The molecule has 0 aromatic carbocycles. The van der Waals surface area contributed by atoms with Crippen LogP contribution in [0.2, 0.25) is 0 Å². The van der Waals surface area contributed by atoms with E-state index in [4.69, 9.17) is 4.98 Å². The zero-order valence-electron chi connectivity index (χ0n) is 15.5. The predicted molar refractivity (Wildman–Crippen MR) is 116 cm³/mol. The summed E-state index contributed by atoms with van der Waals surface area (Å²) in [7, 11) is 1.80. The lowest BCUT2D eigenvalue weighted by Gasteiger charge is -2.14. The predicted octanol–water partition coefficient (Wildman–Crippen LogP) is 3.05. The summed E-state index contributed by atoms with van der Waals surface area (Å²) < 4.78 is 1.94. The van der Waals surface area contributed by atoms with Gasteiger partial charge in [0.1, 0.15) is 0 Å². The molecule has 25 heavy (non-hydrogen) atoms. The van der Waals surface area contributed by atoms with Gasteiger partial charge in [-0.15, -0.1) is 35.3 Å². The Kier molecular flexibility index (Phi) is 9.41. The van der Waals surface area contributed by atoms with Crippen LogP contribution in [0.5, 0.6) is 0 Å². The Morgan fingerprint density at radius 2 is 2.04 bits per heavy atom. The lowest BCUT2D eigenvalue weighted by molar-refractivity contribution is 0.568. The first kappa shape index (κ1) is 21.9. The van der Waals surface area contributed by atoms with Crippen molar-refractivity contribution in [1.82, 2.24) is 25.4 Å².